The van der Waals surface area contributed by atoms with Crippen molar-refractivity contribution in [1.82, 2.24) is 20.1 Å². The first-order valence-corrected chi connectivity index (χ1v) is 8.19. The van der Waals surface area contributed by atoms with Crippen molar-refractivity contribution in [2.45, 2.75) is 6.04 Å². The summed E-state index contributed by atoms with van der Waals surface area (Å²) in [4.78, 5) is 36.1. The van der Waals surface area contributed by atoms with Gasteiger partial charge >= 0.3 is 5.69 Å². The van der Waals surface area contributed by atoms with Crippen LogP contribution in [0.3, 0.4) is 0 Å². The summed E-state index contributed by atoms with van der Waals surface area (Å²) in [6.45, 7) is 0. The van der Waals surface area contributed by atoms with E-state index >= 15 is 0 Å². The second-order valence-electron chi connectivity index (χ2n) is 5.33. The number of aromatic amines is 1. The third-order valence-corrected chi connectivity index (χ3v) is 4.27. The highest BCUT2D eigenvalue weighted by Gasteiger charge is 2.17. The van der Waals surface area contributed by atoms with E-state index in [1.54, 1.807) is 36.4 Å². The summed E-state index contributed by atoms with van der Waals surface area (Å²) in [6, 6.07) is 11.3. The van der Waals surface area contributed by atoms with Gasteiger partial charge in [-0.15, -0.1) is 0 Å². The van der Waals surface area contributed by atoms with E-state index in [9.17, 15) is 14.4 Å². The van der Waals surface area contributed by atoms with E-state index in [4.69, 9.17) is 23.2 Å². The first-order chi connectivity index (χ1) is 12.5. The molecule has 3 rings (SSSR count). The van der Waals surface area contributed by atoms with E-state index in [1.807, 2.05) is 0 Å². The molecule has 9 heteroatoms. The van der Waals surface area contributed by atoms with Gasteiger partial charge in [0.1, 0.15) is 6.20 Å². The van der Waals surface area contributed by atoms with Gasteiger partial charge in [-0.25, -0.2) is 4.79 Å². The maximum atomic E-state index is 11.9. The lowest BCUT2D eigenvalue weighted by molar-refractivity contribution is -0.110. The van der Waals surface area contributed by atoms with Crippen molar-refractivity contribution in [3.05, 3.63) is 90.7 Å². The average molecular weight is 391 g/mol. The Morgan fingerprint density at radius 1 is 1.12 bits per heavy atom. The van der Waals surface area contributed by atoms with Gasteiger partial charge in [0.25, 0.3) is 5.56 Å². The molecule has 0 radical (unpaired) electrons. The molecule has 1 atom stereocenters. The lowest BCUT2D eigenvalue weighted by atomic mass is 9.98. The van der Waals surface area contributed by atoms with Crippen LogP contribution >= 0.6 is 23.2 Å². The highest BCUT2D eigenvalue weighted by molar-refractivity contribution is 6.31. The summed E-state index contributed by atoms with van der Waals surface area (Å²) in [5.41, 5.74) is 0.521. The maximum Gasteiger partial charge on any atom is 0.349 e. The van der Waals surface area contributed by atoms with Gasteiger partial charge in [0, 0.05) is 10.0 Å². The molecule has 0 saturated heterocycles. The van der Waals surface area contributed by atoms with Gasteiger partial charge in [0.05, 0.1) is 11.7 Å². The minimum absolute atomic E-state index is 0.316. The van der Waals surface area contributed by atoms with Crippen LogP contribution < -0.4 is 16.6 Å². The lowest BCUT2D eigenvalue weighted by Crippen LogP contribution is -2.30. The Kier molecular flexibility index (Phi) is 5.20. The Bertz CT molecular complexity index is 1060. The molecular formula is C17H12Cl2N4O3. The van der Waals surface area contributed by atoms with Crippen LogP contribution in [-0.4, -0.2) is 21.2 Å². The van der Waals surface area contributed by atoms with E-state index in [0.717, 1.165) is 16.4 Å². The molecule has 0 aliphatic heterocycles. The number of nitrogens with zero attached hydrogens (tertiary/aromatic N) is 2. The number of amides is 1. The molecule has 2 aromatic carbocycles. The van der Waals surface area contributed by atoms with Crippen molar-refractivity contribution in [2.75, 3.05) is 0 Å². The zero-order valence-corrected chi connectivity index (χ0v) is 14.7. The first-order valence-electron chi connectivity index (χ1n) is 7.43. The summed E-state index contributed by atoms with van der Waals surface area (Å²) in [5.74, 6) is 0. The van der Waals surface area contributed by atoms with Crippen LogP contribution in [0.4, 0.5) is 0 Å². The van der Waals surface area contributed by atoms with Gasteiger partial charge in [0.2, 0.25) is 6.41 Å². The monoisotopic (exact) mass is 390 g/mol. The predicted molar refractivity (Wildman–Crippen MR) is 98.0 cm³/mol. The topological polar surface area (TPSA) is 96.8 Å². The molecule has 0 aliphatic rings. The largest absolute Gasteiger partial charge is 0.349 e. The number of rotatable bonds is 5. The highest BCUT2D eigenvalue weighted by atomic mass is 35.5. The molecule has 3 aromatic rings. The molecular weight excluding hydrogens is 379 g/mol. The molecule has 0 aliphatic carbocycles. The molecule has 26 heavy (non-hydrogen) atoms. The van der Waals surface area contributed by atoms with Crippen LogP contribution in [0.5, 0.6) is 0 Å². The van der Waals surface area contributed by atoms with E-state index in [-0.39, 0.29) is 0 Å². The number of carbonyl (C=O) groups excluding carboxylic acids is 1. The molecule has 1 amide bonds. The Balaban J connectivity index is 2.04. The third kappa shape index (κ3) is 3.68. The second kappa shape index (κ2) is 7.55. The fourth-order valence-electron chi connectivity index (χ4n) is 2.51. The van der Waals surface area contributed by atoms with Crippen LogP contribution in [0.1, 0.15) is 17.2 Å². The zero-order chi connectivity index (χ0) is 18.7. The summed E-state index contributed by atoms with van der Waals surface area (Å²) in [7, 11) is 0. The Morgan fingerprint density at radius 2 is 1.85 bits per heavy atom. The number of benzene rings is 2. The average Bonchev–Trinajstić information content (AvgIpc) is 2.61. The molecule has 7 nitrogen and oxygen atoms in total. The van der Waals surface area contributed by atoms with Gasteiger partial charge in [0.15, 0.2) is 0 Å². The molecule has 1 aromatic heterocycles. The molecule has 0 spiro atoms. The summed E-state index contributed by atoms with van der Waals surface area (Å²) >= 11 is 12.3. The van der Waals surface area contributed by atoms with Gasteiger partial charge in [-0.2, -0.15) is 9.78 Å². The summed E-state index contributed by atoms with van der Waals surface area (Å²) < 4.78 is 1.02. The van der Waals surface area contributed by atoms with Crippen LogP contribution in [0.25, 0.3) is 5.69 Å². The minimum Gasteiger partial charge on any atom is -0.348 e. The van der Waals surface area contributed by atoms with E-state index < -0.39 is 17.3 Å². The van der Waals surface area contributed by atoms with Crippen molar-refractivity contribution >= 4 is 29.6 Å². The normalized spacial score (nSPS) is 11.8. The van der Waals surface area contributed by atoms with Crippen molar-refractivity contribution in [2.24, 2.45) is 0 Å². The molecule has 0 fully saturated rings. The fourth-order valence-corrected chi connectivity index (χ4v) is 2.92. The number of carbonyl (C=O) groups is 1. The molecule has 1 unspecified atom stereocenters. The first kappa shape index (κ1) is 17.9. The van der Waals surface area contributed by atoms with E-state index in [0.29, 0.717) is 27.7 Å². The summed E-state index contributed by atoms with van der Waals surface area (Å²) in [6.07, 6.45) is 1.57. The summed E-state index contributed by atoms with van der Waals surface area (Å²) in [5, 5.41) is 7.39. The Hall–Kier alpha value is -2.90. The third-order valence-electron chi connectivity index (χ3n) is 3.69. The Morgan fingerprint density at radius 3 is 2.46 bits per heavy atom. The van der Waals surface area contributed by atoms with Gasteiger partial charge in [-0.1, -0.05) is 41.4 Å². The molecule has 1 heterocycles. The van der Waals surface area contributed by atoms with Gasteiger partial charge in [-0.05, 0) is 35.4 Å². The smallest absolute Gasteiger partial charge is 0.348 e. The minimum atomic E-state index is -0.679. The number of hydrogen-bond acceptors (Lipinski definition) is 4. The van der Waals surface area contributed by atoms with Crippen LogP contribution in [0.2, 0.25) is 10.0 Å². The van der Waals surface area contributed by atoms with E-state index in [1.165, 1.54) is 6.07 Å². The highest BCUT2D eigenvalue weighted by Crippen LogP contribution is 2.30. The standard InChI is InChI=1S/C17H12Cl2N4O3/c18-11-3-1-10(2-4-11)16(20-9-24)13-6-5-12(7-14(13)19)23-17(26)22-15(25)8-21-23/h1-9,16H,(H,20,24)(H,22,25,26). The van der Waals surface area contributed by atoms with Gasteiger partial charge < -0.3 is 5.32 Å². The predicted octanol–water partition coefficient (Wildman–Crippen LogP) is 2.06. The second-order valence-corrected chi connectivity index (χ2v) is 6.17. The van der Waals surface area contributed by atoms with Crippen LogP contribution in [0, 0.1) is 0 Å². The van der Waals surface area contributed by atoms with Crippen molar-refractivity contribution in [3.8, 4) is 5.69 Å². The Labute approximate surface area is 157 Å². The number of nitrogens with one attached hydrogen (secondary N) is 2. The maximum absolute atomic E-state index is 11.9. The number of H-pyrrole nitrogens is 1. The molecule has 0 saturated carbocycles. The van der Waals surface area contributed by atoms with Crippen molar-refractivity contribution in [1.29, 1.82) is 0 Å². The lowest BCUT2D eigenvalue weighted by Gasteiger charge is -2.19. The number of halogens is 2. The van der Waals surface area contributed by atoms with Crippen molar-refractivity contribution < 1.29 is 4.79 Å². The van der Waals surface area contributed by atoms with Crippen LogP contribution in [-0.2, 0) is 4.79 Å². The van der Waals surface area contributed by atoms with E-state index in [2.05, 4.69) is 15.4 Å². The van der Waals surface area contributed by atoms with Crippen LogP contribution in [0.15, 0.2) is 58.3 Å². The zero-order valence-electron chi connectivity index (χ0n) is 13.1. The van der Waals surface area contributed by atoms with Gasteiger partial charge in [-0.3, -0.25) is 14.6 Å². The molecule has 0 bridgehead atoms. The molecule has 132 valence electrons. The number of hydrogen-bond donors (Lipinski definition) is 2. The van der Waals surface area contributed by atoms with Crippen molar-refractivity contribution in [3.63, 3.8) is 0 Å². The number of aromatic nitrogens is 3. The fraction of sp³-hybridized carbons (Fsp3) is 0.0588. The molecule has 2 N–H and O–H groups in total. The quantitative estimate of drug-likeness (QED) is 0.651. The SMILES string of the molecule is O=CNC(c1ccc(Cl)cc1)c1ccc(-n2ncc(=O)[nH]c2=O)cc1Cl.